The smallest absolute Gasteiger partial charge is 0.221 e. The fourth-order valence-electron chi connectivity index (χ4n) is 3.40. The van der Waals surface area contributed by atoms with Crippen LogP contribution in [0.5, 0.6) is 11.5 Å². The van der Waals surface area contributed by atoms with Gasteiger partial charge in [0, 0.05) is 44.2 Å². The minimum atomic E-state index is 0. The fraction of sp³-hybridized carbons (Fsp3) is 0.600. The number of nitrogens with one attached hydrogen (secondary N) is 3. The first kappa shape index (κ1) is 22.6. The largest absolute Gasteiger partial charge is 0.490 e. The number of hydrogen-bond acceptors (Lipinski definition) is 4. The molecule has 1 heterocycles. The summed E-state index contributed by atoms with van der Waals surface area (Å²) in [4.78, 5) is 16.3. The number of carbonyl (C=O) groups excluding carboxylic acids is 1. The summed E-state index contributed by atoms with van der Waals surface area (Å²) in [6.45, 7) is 1.86. The van der Waals surface area contributed by atoms with Gasteiger partial charge < -0.3 is 25.4 Å². The third-order valence-electron chi connectivity index (χ3n) is 4.85. The van der Waals surface area contributed by atoms with Gasteiger partial charge in [-0.15, -0.1) is 24.0 Å². The van der Waals surface area contributed by atoms with E-state index in [9.17, 15) is 4.79 Å². The molecule has 0 radical (unpaired) electrons. The molecule has 3 rings (SSSR count). The van der Waals surface area contributed by atoms with Crippen molar-refractivity contribution in [2.24, 2.45) is 4.99 Å². The van der Waals surface area contributed by atoms with Gasteiger partial charge in [-0.2, -0.15) is 0 Å². The maximum Gasteiger partial charge on any atom is 0.221 e. The Morgan fingerprint density at radius 2 is 1.86 bits per heavy atom. The lowest BCUT2D eigenvalue weighted by atomic mass is 9.95. The summed E-state index contributed by atoms with van der Waals surface area (Å²) in [5, 5.41) is 9.54. The van der Waals surface area contributed by atoms with Crippen molar-refractivity contribution in [3.63, 3.8) is 0 Å². The van der Waals surface area contributed by atoms with Crippen LogP contribution in [-0.4, -0.2) is 44.7 Å². The zero-order valence-electron chi connectivity index (χ0n) is 16.5. The predicted molar refractivity (Wildman–Crippen MR) is 122 cm³/mol. The first-order valence-corrected chi connectivity index (χ1v) is 9.91. The van der Waals surface area contributed by atoms with Gasteiger partial charge in [-0.25, -0.2) is 0 Å². The molecule has 8 heteroatoms. The summed E-state index contributed by atoms with van der Waals surface area (Å²) in [7, 11) is 1.71. The van der Waals surface area contributed by atoms with Crippen LogP contribution in [0.4, 0.5) is 5.69 Å². The van der Waals surface area contributed by atoms with Crippen molar-refractivity contribution in [2.75, 3.05) is 32.1 Å². The minimum Gasteiger partial charge on any atom is -0.490 e. The maximum atomic E-state index is 12.1. The first-order valence-electron chi connectivity index (χ1n) is 9.91. The lowest BCUT2D eigenvalue weighted by Gasteiger charge is -2.22. The van der Waals surface area contributed by atoms with Crippen LogP contribution >= 0.6 is 24.0 Å². The van der Waals surface area contributed by atoms with Gasteiger partial charge in [-0.05, 0) is 25.0 Å². The Bertz CT molecular complexity index is 663. The molecule has 0 atom stereocenters. The number of fused-ring (bicyclic) bond motifs is 1. The predicted octanol–water partition coefficient (Wildman–Crippen LogP) is 3.29. The van der Waals surface area contributed by atoms with Crippen LogP contribution in [0.1, 0.15) is 44.9 Å². The Kier molecular flexibility index (Phi) is 9.66. The molecule has 1 amide bonds. The second-order valence-electron chi connectivity index (χ2n) is 6.99. The number of anilines is 1. The van der Waals surface area contributed by atoms with Crippen molar-refractivity contribution in [1.29, 1.82) is 0 Å². The Balaban J connectivity index is 0.00000280. The fourth-order valence-corrected chi connectivity index (χ4v) is 3.40. The monoisotopic (exact) mass is 502 g/mol. The topological polar surface area (TPSA) is 84.0 Å². The molecule has 0 aromatic heterocycles. The van der Waals surface area contributed by atoms with Gasteiger partial charge in [-0.1, -0.05) is 19.3 Å². The van der Waals surface area contributed by atoms with Crippen molar-refractivity contribution in [3.8, 4) is 11.5 Å². The number of carbonyl (C=O) groups is 1. The molecule has 0 spiro atoms. The Morgan fingerprint density at radius 3 is 2.61 bits per heavy atom. The first-order chi connectivity index (χ1) is 13.2. The van der Waals surface area contributed by atoms with Gasteiger partial charge in [0.15, 0.2) is 17.5 Å². The molecule has 7 nitrogen and oxygen atoms in total. The number of ether oxygens (including phenoxy) is 2. The van der Waals surface area contributed by atoms with Crippen LogP contribution in [0.15, 0.2) is 23.2 Å². The average Bonchev–Trinajstić information content (AvgIpc) is 2.93. The number of amides is 1. The summed E-state index contributed by atoms with van der Waals surface area (Å²) in [5.41, 5.74) is 0.860. The van der Waals surface area contributed by atoms with Gasteiger partial charge in [0.2, 0.25) is 5.91 Å². The van der Waals surface area contributed by atoms with E-state index in [4.69, 9.17) is 9.47 Å². The van der Waals surface area contributed by atoms with Crippen LogP contribution in [0.3, 0.4) is 0 Å². The molecular formula is C20H31IN4O3. The van der Waals surface area contributed by atoms with Gasteiger partial charge >= 0.3 is 0 Å². The molecule has 1 saturated carbocycles. The number of nitrogens with zero attached hydrogens (tertiary/aromatic N) is 1. The van der Waals surface area contributed by atoms with E-state index in [1.54, 1.807) is 7.05 Å². The van der Waals surface area contributed by atoms with Crippen LogP contribution in [-0.2, 0) is 4.79 Å². The molecule has 1 aliphatic carbocycles. The number of benzene rings is 1. The van der Waals surface area contributed by atoms with E-state index in [2.05, 4.69) is 20.9 Å². The van der Waals surface area contributed by atoms with Crippen molar-refractivity contribution in [3.05, 3.63) is 18.2 Å². The summed E-state index contributed by atoms with van der Waals surface area (Å²) in [6, 6.07) is 6.08. The number of halogens is 1. The third-order valence-corrected chi connectivity index (χ3v) is 4.85. The number of hydrogen-bond donors (Lipinski definition) is 3. The maximum absolute atomic E-state index is 12.1. The molecule has 0 bridgehead atoms. The van der Waals surface area contributed by atoms with Gasteiger partial charge in [0.05, 0.1) is 13.2 Å². The number of rotatable bonds is 5. The van der Waals surface area contributed by atoms with Crippen molar-refractivity contribution < 1.29 is 14.3 Å². The van der Waals surface area contributed by atoms with Crippen LogP contribution in [0, 0.1) is 0 Å². The van der Waals surface area contributed by atoms with Crippen molar-refractivity contribution >= 4 is 41.5 Å². The van der Waals surface area contributed by atoms with Gasteiger partial charge in [0.1, 0.15) is 0 Å². The van der Waals surface area contributed by atoms with E-state index in [0.717, 1.165) is 36.4 Å². The highest BCUT2D eigenvalue weighted by atomic mass is 127. The zero-order valence-corrected chi connectivity index (χ0v) is 18.8. The zero-order chi connectivity index (χ0) is 18.9. The highest BCUT2D eigenvalue weighted by Gasteiger charge is 2.15. The molecule has 1 aliphatic heterocycles. The Labute approximate surface area is 184 Å². The molecule has 2 aliphatic rings. The van der Waals surface area contributed by atoms with Gasteiger partial charge in [-0.3, -0.25) is 9.79 Å². The summed E-state index contributed by atoms with van der Waals surface area (Å²) < 4.78 is 11.4. The highest BCUT2D eigenvalue weighted by molar-refractivity contribution is 14.0. The molecule has 1 fully saturated rings. The standard InChI is InChI=1S/C20H30N4O3.HI/c1-21-20(22-11-10-19(25)23-15-6-3-2-4-7-15)24-16-8-9-17-18(14-16)27-13-5-12-26-17;/h8-9,14-15H,2-7,10-13H2,1H3,(H,23,25)(H2,21,22,24);1H. The second-order valence-corrected chi connectivity index (χ2v) is 6.99. The van der Waals surface area contributed by atoms with E-state index < -0.39 is 0 Å². The highest BCUT2D eigenvalue weighted by Crippen LogP contribution is 2.32. The van der Waals surface area contributed by atoms with E-state index >= 15 is 0 Å². The molecule has 1 aromatic carbocycles. The van der Waals surface area contributed by atoms with Crippen molar-refractivity contribution in [2.45, 2.75) is 51.0 Å². The van der Waals surface area contributed by atoms with E-state index in [-0.39, 0.29) is 29.9 Å². The third kappa shape index (κ3) is 7.03. The molecule has 28 heavy (non-hydrogen) atoms. The number of aliphatic imine (C=N–C) groups is 1. The van der Waals surface area contributed by atoms with E-state index in [1.807, 2.05) is 18.2 Å². The summed E-state index contributed by atoms with van der Waals surface area (Å²) >= 11 is 0. The normalized spacial score (nSPS) is 17.1. The Morgan fingerprint density at radius 1 is 1.11 bits per heavy atom. The van der Waals surface area contributed by atoms with Crippen LogP contribution in [0.2, 0.25) is 0 Å². The van der Waals surface area contributed by atoms with E-state index in [0.29, 0.717) is 38.2 Å². The quantitative estimate of drug-likeness (QED) is 0.327. The molecule has 156 valence electrons. The van der Waals surface area contributed by atoms with E-state index in [1.165, 1.54) is 19.3 Å². The molecule has 1 aromatic rings. The minimum absolute atomic E-state index is 0. The molecule has 0 saturated heterocycles. The van der Waals surface area contributed by atoms with Crippen LogP contribution in [0.25, 0.3) is 0 Å². The van der Waals surface area contributed by atoms with Crippen LogP contribution < -0.4 is 25.4 Å². The lowest BCUT2D eigenvalue weighted by molar-refractivity contribution is -0.121. The Hall–Kier alpha value is -1.71. The van der Waals surface area contributed by atoms with Crippen molar-refractivity contribution in [1.82, 2.24) is 10.6 Å². The average molecular weight is 502 g/mol. The van der Waals surface area contributed by atoms with Gasteiger partial charge in [0.25, 0.3) is 0 Å². The second kappa shape index (κ2) is 12.0. The molecule has 0 unspecified atom stereocenters. The number of guanidine groups is 1. The molecular weight excluding hydrogens is 471 g/mol. The molecule has 3 N–H and O–H groups in total. The lowest BCUT2D eigenvalue weighted by Crippen LogP contribution is -2.39. The SMILES string of the molecule is CN=C(NCCC(=O)NC1CCCCC1)Nc1ccc2c(c1)OCCCO2.I. The summed E-state index contributed by atoms with van der Waals surface area (Å²) in [6.07, 6.45) is 7.24. The summed E-state index contributed by atoms with van der Waals surface area (Å²) in [5.74, 6) is 2.22.